The lowest BCUT2D eigenvalue weighted by molar-refractivity contribution is -0.137. The van der Waals surface area contributed by atoms with E-state index in [4.69, 9.17) is 4.74 Å². The lowest BCUT2D eigenvalue weighted by Gasteiger charge is -2.37. The molecule has 0 aromatic heterocycles. The molecule has 0 radical (unpaired) electrons. The van der Waals surface area contributed by atoms with E-state index >= 15 is 0 Å². The third-order valence-electron chi connectivity index (χ3n) is 4.03. The second-order valence-electron chi connectivity index (χ2n) is 5.37. The molecule has 0 N–H and O–H groups in total. The maximum absolute atomic E-state index is 13.0. The molecule has 1 saturated heterocycles. The fraction of sp³-hybridized carbons (Fsp3) is 0.533. The topological polar surface area (TPSA) is 29.5 Å². The Bertz CT molecular complexity index is 516. The molecule has 1 heterocycles. The first-order valence-electron chi connectivity index (χ1n) is 6.81. The van der Waals surface area contributed by atoms with Crippen molar-refractivity contribution in [2.24, 2.45) is 5.92 Å². The van der Waals surface area contributed by atoms with Crippen LogP contribution in [0.25, 0.3) is 0 Å². The average Bonchev–Trinajstić information content (AvgIpc) is 2.46. The van der Waals surface area contributed by atoms with Crippen LogP contribution in [0.5, 0.6) is 0 Å². The van der Waals surface area contributed by atoms with Crippen LogP contribution in [0.15, 0.2) is 18.2 Å². The first kappa shape index (κ1) is 15.8. The van der Waals surface area contributed by atoms with Crippen molar-refractivity contribution >= 4 is 12.0 Å². The van der Waals surface area contributed by atoms with Crippen LogP contribution in [-0.4, -0.2) is 32.6 Å². The number of carbonyl (C=O) groups is 1. The number of piperidine rings is 1. The standard InChI is InChI=1S/C15H18F3NO2/c1-10-5-6-19(8-14(10)21-2)12-4-3-11(9-20)13(7-12)15(16,17)18/h3-4,7,9-10,14H,5-6,8H2,1-2H3. The predicted molar refractivity (Wildman–Crippen MR) is 73.6 cm³/mol. The van der Waals surface area contributed by atoms with E-state index in [1.54, 1.807) is 13.2 Å². The number of alkyl halides is 3. The lowest BCUT2D eigenvalue weighted by Crippen LogP contribution is -2.44. The minimum Gasteiger partial charge on any atom is -0.379 e. The molecule has 0 bridgehead atoms. The zero-order valence-electron chi connectivity index (χ0n) is 12.0. The minimum atomic E-state index is -4.53. The molecule has 116 valence electrons. The number of nitrogens with zero attached hydrogens (tertiary/aromatic N) is 1. The number of aldehydes is 1. The van der Waals surface area contributed by atoms with Gasteiger partial charge in [0.2, 0.25) is 0 Å². The van der Waals surface area contributed by atoms with E-state index in [-0.39, 0.29) is 18.0 Å². The lowest BCUT2D eigenvalue weighted by atomic mass is 9.95. The highest BCUT2D eigenvalue weighted by Crippen LogP contribution is 2.35. The van der Waals surface area contributed by atoms with Crippen molar-refractivity contribution < 1.29 is 22.7 Å². The largest absolute Gasteiger partial charge is 0.417 e. The van der Waals surface area contributed by atoms with Gasteiger partial charge in [0.1, 0.15) is 0 Å². The van der Waals surface area contributed by atoms with E-state index in [2.05, 4.69) is 6.92 Å². The predicted octanol–water partition coefficient (Wildman–Crippen LogP) is 3.38. The number of rotatable bonds is 3. The normalized spacial score (nSPS) is 23.2. The van der Waals surface area contributed by atoms with E-state index in [0.29, 0.717) is 24.7 Å². The molecule has 0 spiro atoms. The van der Waals surface area contributed by atoms with Crippen molar-refractivity contribution in [3.63, 3.8) is 0 Å². The Hall–Kier alpha value is -1.56. The summed E-state index contributed by atoms with van der Waals surface area (Å²) in [6, 6.07) is 3.83. The molecule has 21 heavy (non-hydrogen) atoms. The molecular weight excluding hydrogens is 283 g/mol. The van der Waals surface area contributed by atoms with Crippen LogP contribution in [0.1, 0.15) is 29.3 Å². The van der Waals surface area contributed by atoms with Gasteiger partial charge in [0.25, 0.3) is 0 Å². The molecule has 3 nitrogen and oxygen atoms in total. The van der Waals surface area contributed by atoms with Crippen LogP contribution in [-0.2, 0) is 10.9 Å². The van der Waals surface area contributed by atoms with Gasteiger partial charge in [0, 0.05) is 31.5 Å². The maximum Gasteiger partial charge on any atom is 0.417 e. The van der Waals surface area contributed by atoms with Crippen molar-refractivity contribution in [1.82, 2.24) is 0 Å². The highest BCUT2D eigenvalue weighted by molar-refractivity contribution is 5.79. The molecular formula is C15H18F3NO2. The van der Waals surface area contributed by atoms with E-state index < -0.39 is 11.7 Å². The van der Waals surface area contributed by atoms with E-state index in [1.165, 1.54) is 6.07 Å². The van der Waals surface area contributed by atoms with Gasteiger partial charge in [-0.2, -0.15) is 13.2 Å². The number of methoxy groups -OCH3 is 1. The number of carbonyl (C=O) groups excluding carboxylic acids is 1. The highest BCUT2D eigenvalue weighted by Gasteiger charge is 2.34. The summed E-state index contributed by atoms with van der Waals surface area (Å²) in [5, 5.41) is 0. The van der Waals surface area contributed by atoms with E-state index in [9.17, 15) is 18.0 Å². The summed E-state index contributed by atoms with van der Waals surface area (Å²) >= 11 is 0. The highest BCUT2D eigenvalue weighted by atomic mass is 19.4. The van der Waals surface area contributed by atoms with Crippen LogP contribution >= 0.6 is 0 Å². The number of hydrogen-bond donors (Lipinski definition) is 0. The Morgan fingerprint density at radius 1 is 1.38 bits per heavy atom. The van der Waals surface area contributed by atoms with E-state index in [1.807, 2.05) is 4.90 Å². The van der Waals surface area contributed by atoms with Gasteiger partial charge in [0.15, 0.2) is 6.29 Å². The molecule has 1 aliphatic heterocycles. The van der Waals surface area contributed by atoms with Crippen molar-refractivity contribution in [2.75, 3.05) is 25.1 Å². The molecule has 0 saturated carbocycles. The first-order valence-corrected chi connectivity index (χ1v) is 6.81. The Morgan fingerprint density at radius 2 is 2.10 bits per heavy atom. The Morgan fingerprint density at radius 3 is 2.67 bits per heavy atom. The smallest absolute Gasteiger partial charge is 0.379 e. The fourth-order valence-corrected chi connectivity index (χ4v) is 2.66. The first-order chi connectivity index (χ1) is 9.86. The van der Waals surface area contributed by atoms with Gasteiger partial charge in [-0.15, -0.1) is 0 Å². The SMILES string of the molecule is COC1CN(c2ccc(C=O)c(C(F)(F)F)c2)CCC1C. The zero-order valence-corrected chi connectivity index (χ0v) is 12.0. The van der Waals surface area contributed by atoms with Crippen LogP contribution in [0.2, 0.25) is 0 Å². The third-order valence-corrected chi connectivity index (χ3v) is 4.03. The fourth-order valence-electron chi connectivity index (χ4n) is 2.66. The van der Waals surface area contributed by atoms with Crippen LogP contribution in [0.4, 0.5) is 18.9 Å². The zero-order chi connectivity index (χ0) is 15.6. The molecule has 0 aliphatic carbocycles. The van der Waals surface area contributed by atoms with Crippen molar-refractivity contribution in [3.8, 4) is 0 Å². The van der Waals surface area contributed by atoms with Crippen molar-refractivity contribution in [1.29, 1.82) is 0 Å². The number of ether oxygens (including phenoxy) is 1. The summed E-state index contributed by atoms with van der Waals surface area (Å²) in [6.07, 6.45) is -3.44. The van der Waals surface area contributed by atoms with Gasteiger partial charge in [-0.1, -0.05) is 6.92 Å². The van der Waals surface area contributed by atoms with Crippen molar-refractivity contribution in [2.45, 2.75) is 25.6 Å². The van der Waals surface area contributed by atoms with E-state index in [0.717, 1.165) is 12.5 Å². The minimum absolute atomic E-state index is 0.00108. The Labute approximate surface area is 121 Å². The van der Waals surface area contributed by atoms with Crippen LogP contribution in [0.3, 0.4) is 0 Å². The molecule has 2 atom stereocenters. The summed E-state index contributed by atoms with van der Waals surface area (Å²) < 4.78 is 44.3. The number of halogens is 3. The summed E-state index contributed by atoms with van der Waals surface area (Å²) in [6.45, 7) is 3.30. The van der Waals surface area contributed by atoms with Crippen LogP contribution in [0, 0.1) is 5.92 Å². The third kappa shape index (κ3) is 3.37. The number of hydrogen-bond acceptors (Lipinski definition) is 3. The van der Waals surface area contributed by atoms with Gasteiger partial charge in [-0.25, -0.2) is 0 Å². The van der Waals surface area contributed by atoms with Crippen LogP contribution < -0.4 is 4.90 Å². The maximum atomic E-state index is 13.0. The summed E-state index contributed by atoms with van der Waals surface area (Å²) in [7, 11) is 1.61. The molecule has 1 aromatic carbocycles. The quantitative estimate of drug-likeness (QED) is 0.802. The monoisotopic (exact) mass is 301 g/mol. The Balaban J connectivity index is 2.31. The summed E-state index contributed by atoms with van der Waals surface area (Å²) in [5.74, 6) is 0.377. The molecule has 1 fully saturated rings. The average molecular weight is 301 g/mol. The van der Waals surface area contributed by atoms with Gasteiger partial charge in [-0.3, -0.25) is 4.79 Å². The molecule has 1 aliphatic rings. The molecule has 2 unspecified atom stereocenters. The molecule has 0 amide bonds. The molecule has 2 rings (SSSR count). The molecule has 1 aromatic rings. The second kappa shape index (κ2) is 6.05. The van der Waals surface area contributed by atoms with Gasteiger partial charge < -0.3 is 9.64 Å². The summed E-state index contributed by atoms with van der Waals surface area (Å²) in [4.78, 5) is 12.6. The summed E-state index contributed by atoms with van der Waals surface area (Å²) in [5.41, 5.74) is -0.746. The van der Waals surface area contributed by atoms with Gasteiger partial charge in [0.05, 0.1) is 11.7 Å². The van der Waals surface area contributed by atoms with Crippen molar-refractivity contribution in [3.05, 3.63) is 29.3 Å². The molecule has 6 heteroatoms. The number of anilines is 1. The van der Waals surface area contributed by atoms with Gasteiger partial charge in [-0.05, 0) is 30.5 Å². The second-order valence-corrected chi connectivity index (χ2v) is 5.37. The Kier molecular flexibility index (Phi) is 4.56. The number of benzene rings is 1. The van der Waals surface area contributed by atoms with Gasteiger partial charge >= 0.3 is 6.18 Å².